The van der Waals surface area contributed by atoms with Gasteiger partial charge >= 0.3 is 0 Å². The number of nitrogens with zero attached hydrogens (tertiary/aromatic N) is 3. The Morgan fingerprint density at radius 1 is 0.465 bits per heavy atom. The second kappa shape index (κ2) is 11.7. The Morgan fingerprint density at radius 2 is 0.953 bits per heavy atom. The largest absolute Gasteiger partial charge is 0.436 e. The van der Waals surface area contributed by atoms with Crippen molar-refractivity contribution in [3.63, 3.8) is 0 Å². The fourth-order valence-corrected chi connectivity index (χ4v) is 5.81. The molecule has 43 heavy (non-hydrogen) atoms. The summed E-state index contributed by atoms with van der Waals surface area (Å²) in [5.74, 6) is 0.663. The number of fused-ring (bicyclic) bond motifs is 2. The lowest BCUT2D eigenvalue weighted by molar-refractivity contribution is 0.619. The van der Waals surface area contributed by atoms with Gasteiger partial charge in [0.2, 0.25) is 5.89 Å². The molecule has 0 aliphatic rings. The van der Waals surface area contributed by atoms with E-state index in [0.717, 1.165) is 87.0 Å². The highest BCUT2D eigenvalue weighted by Crippen LogP contribution is 2.33. The highest BCUT2D eigenvalue weighted by Gasteiger charge is 2.15. The highest BCUT2D eigenvalue weighted by atomic mass is 16.3. The van der Waals surface area contributed by atoms with Gasteiger partial charge in [0, 0.05) is 16.7 Å². The summed E-state index contributed by atoms with van der Waals surface area (Å²) in [6.45, 7) is 4.45. The van der Waals surface area contributed by atoms with Crippen LogP contribution in [0.5, 0.6) is 0 Å². The van der Waals surface area contributed by atoms with E-state index in [1.165, 1.54) is 11.1 Å². The van der Waals surface area contributed by atoms with E-state index in [4.69, 9.17) is 19.4 Å². The number of benzene rings is 5. The Bertz CT molecular complexity index is 1980. The molecule has 0 atom stereocenters. The van der Waals surface area contributed by atoms with E-state index in [1.807, 2.05) is 42.5 Å². The third-order valence-electron chi connectivity index (χ3n) is 7.99. The van der Waals surface area contributed by atoms with E-state index < -0.39 is 0 Å². The summed E-state index contributed by atoms with van der Waals surface area (Å²) in [5, 5.41) is 0. The summed E-state index contributed by atoms with van der Waals surface area (Å²) in [6.07, 6.45) is 4.38. The van der Waals surface area contributed by atoms with Gasteiger partial charge in [-0.3, -0.25) is 0 Å². The van der Waals surface area contributed by atoms with Crippen molar-refractivity contribution in [2.24, 2.45) is 0 Å². The quantitative estimate of drug-likeness (QED) is 0.186. The minimum absolute atomic E-state index is 0.663. The van der Waals surface area contributed by atoms with Crippen LogP contribution in [0.15, 0.2) is 120 Å². The van der Waals surface area contributed by atoms with Crippen molar-refractivity contribution < 1.29 is 4.42 Å². The van der Waals surface area contributed by atoms with E-state index in [-0.39, 0.29) is 0 Å². The van der Waals surface area contributed by atoms with E-state index in [1.54, 1.807) is 0 Å². The van der Waals surface area contributed by atoms with Gasteiger partial charge in [-0.25, -0.2) is 15.0 Å². The van der Waals surface area contributed by atoms with E-state index in [2.05, 4.69) is 86.6 Å². The van der Waals surface area contributed by atoms with Crippen LogP contribution < -0.4 is 0 Å². The van der Waals surface area contributed by atoms with Gasteiger partial charge < -0.3 is 4.42 Å². The zero-order chi connectivity index (χ0) is 29.2. The average molecular weight is 560 g/mol. The van der Waals surface area contributed by atoms with Crippen molar-refractivity contribution in [3.8, 4) is 45.1 Å². The topological polar surface area (TPSA) is 51.8 Å². The molecule has 0 radical (unpaired) electrons. The SMILES string of the molecule is CCCc1cc2nc(-c3ccc(-c4ccc(-c5nc6ccccc6nc5-c5ccccc5)cc4)cc3)oc2cc1CCC. The third-order valence-corrected chi connectivity index (χ3v) is 7.99. The molecule has 2 heterocycles. The zero-order valence-corrected chi connectivity index (χ0v) is 24.5. The summed E-state index contributed by atoms with van der Waals surface area (Å²) in [4.78, 5) is 14.9. The van der Waals surface area contributed by atoms with Crippen LogP contribution in [-0.4, -0.2) is 15.0 Å². The maximum atomic E-state index is 6.24. The molecule has 0 aliphatic carbocycles. The molecule has 0 aliphatic heterocycles. The van der Waals surface area contributed by atoms with Crippen LogP contribution >= 0.6 is 0 Å². The molecule has 0 bridgehead atoms. The maximum absolute atomic E-state index is 6.24. The molecular weight excluding hydrogens is 526 g/mol. The first-order valence-electron chi connectivity index (χ1n) is 15.2. The number of aromatic nitrogens is 3. The Balaban J connectivity index is 1.19. The van der Waals surface area contributed by atoms with Crippen molar-refractivity contribution in [3.05, 3.63) is 126 Å². The van der Waals surface area contributed by atoms with E-state index in [0.29, 0.717) is 5.89 Å². The van der Waals surface area contributed by atoms with E-state index in [9.17, 15) is 0 Å². The minimum Gasteiger partial charge on any atom is -0.436 e. The average Bonchev–Trinajstić information content (AvgIpc) is 3.48. The maximum Gasteiger partial charge on any atom is 0.227 e. The van der Waals surface area contributed by atoms with Crippen LogP contribution in [0, 0.1) is 0 Å². The van der Waals surface area contributed by atoms with Gasteiger partial charge in [0.1, 0.15) is 5.52 Å². The van der Waals surface area contributed by atoms with Crippen molar-refractivity contribution in [2.45, 2.75) is 39.5 Å². The summed E-state index contributed by atoms with van der Waals surface area (Å²) in [6, 6.07) is 39.8. The molecule has 0 unspecified atom stereocenters. The molecule has 0 saturated carbocycles. The normalized spacial score (nSPS) is 11.4. The van der Waals surface area contributed by atoms with Crippen molar-refractivity contribution >= 4 is 22.1 Å². The lowest BCUT2D eigenvalue weighted by Crippen LogP contribution is -1.95. The van der Waals surface area contributed by atoms with Crippen molar-refractivity contribution in [1.29, 1.82) is 0 Å². The molecule has 0 saturated heterocycles. The Labute approximate surface area is 252 Å². The van der Waals surface area contributed by atoms with Crippen molar-refractivity contribution in [2.75, 3.05) is 0 Å². The fraction of sp³-hybridized carbons (Fsp3) is 0.154. The van der Waals surface area contributed by atoms with Crippen LogP contribution in [0.25, 0.3) is 67.2 Å². The zero-order valence-electron chi connectivity index (χ0n) is 24.5. The summed E-state index contributed by atoms with van der Waals surface area (Å²) in [5.41, 5.74) is 13.5. The van der Waals surface area contributed by atoms with Crippen LogP contribution in [-0.2, 0) is 12.8 Å². The van der Waals surface area contributed by atoms with Gasteiger partial charge in [-0.05, 0) is 71.5 Å². The number of hydrogen-bond acceptors (Lipinski definition) is 4. The number of oxazole rings is 1. The minimum atomic E-state index is 0.663. The van der Waals surface area contributed by atoms with Gasteiger partial charge in [0.05, 0.1) is 22.4 Å². The summed E-state index contributed by atoms with van der Waals surface area (Å²) in [7, 11) is 0. The van der Waals surface area contributed by atoms with Gasteiger partial charge in [-0.15, -0.1) is 0 Å². The van der Waals surface area contributed by atoms with Gasteiger partial charge in [-0.2, -0.15) is 0 Å². The lowest BCUT2D eigenvalue weighted by Gasteiger charge is -2.11. The second-order valence-electron chi connectivity index (χ2n) is 11.0. The number of para-hydroxylation sites is 2. The first-order chi connectivity index (χ1) is 21.2. The molecule has 5 aromatic carbocycles. The molecule has 7 rings (SSSR count). The Morgan fingerprint density at radius 3 is 1.53 bits per heavy atom. The lowest BCUT2D eigenvalue weighted by atomic mass is 9.99. The molecule has 0 spiro atoms. The van der Waals surface area contributed by atoms with Crippen LogP contribution in [0.3, 0.4) is 0 Å². The highest BCUT2D eigenvalue weighted by molar-refractivity contribution is 5.87. The second-order valence-corrected chi connectivity index (χ2v) is 11.0. The Hall–Kier alpha value is -5.09. The summed E-state index contributed by atoms with van der Waals surface area (Å²) < 4.78 is 6.24. The Kier molecular flexibility index (Phi) is 7.26. The number of rotatable bonds is 8. The molecule has 4 nitrogen and oxygen atoms in total. The standard InChI is InChI=1S/C39H33N3O/c1-3-10-31-24-35-36(25-32(31)11-4-2)43-39(42-35)30-22-18-27(19-23-30)26-16-20-29(21-17-26)38-37(28-12-6-5-7-13-28)40-33-14-8-9-15-34(33)41-38/h5-9,12-25H,3-4,10-11H2,1-2H3. The van der Waals surface area contributed by atoms with Gasteiger partial charge in [-0.1, -0.05) is 106 Å². The predicted molar refractivity (Wildman–Crippen MR) is 177 cm³/mol. The van der Waals surface area contributed by atoms with Crippen LogP contribution in [0.1, 0.15) is 37.8 Å². The smallest absolute Gasteiger partial charge is 0.227 e. The molecule has 2 aromatic heterocycles. The molecule has 7 aromatic rings. The van der Waals surface area contributed by atoms with E-state index >= 15 is 0 Å². The number of aryl methyl sites for hydroxylation is 2. The van der Waals surface area contributed by atoms with Crippen LogP contribution in [0.2, 0.25) is 0 Å². The molecule has 4 heteroatoms. The molecule has 0 fully saturated rings. The van der Waals surface area contributed by atoms with Gasteiger partial charge in [0.15, 0.2) is 5.58 Å². The molecular formula is C39H33N3O. The van der Waals surface area contributed by atoms with Crippen molar-refractivity contribution in [1.82, 2.24) is 15.0 Å². The fourth-order valence-electron chi connectivity index (χ4n) is 5.81. The first kappa shape index (κ1) is 26.8. The van der Waals surface area contributed by atoms with Gasteiger partial charge in [0.25, 0.3) is 0 Å². The third kappa shape index (κ3) is 5.32. The summed E-state index contributed by atoms with van der Waals surface area (Å²) >= 11 is 0. The molecule has 0 amide bonds. The first-order valence-corrected chi connectivity index (χ1v) is 15.2. The monoisotopic (exact) mass is 559 g/mol. The molecule has 210 valence electrons. The molecule has 0 N–H and O–H groups in total. The van der Waals surface area contributed by atoms with Crippen LogP contribution in [0.4, 0.5) is 0 Å². The number of hydrogen-bond donors (Lipinski definition) is 0. The predicted octanol–water partition coefficient (Wildman–Crippen LogP) is 10.3.